The van der Waals surface area contributed by atoms with Crippen LogP contribution in [0.15, 0.2) is 71.7 Å². The highest BCUT2D eigenvalue weighted by molar-refractivity contribution is 5.83. The van der Waals surface area contributed by atoms with E-state index in [-0.39, 0.29) is 29.8 Å². The van der Waals surface area contributed by atoms with Crippen molar-refractivity contribution in [2.45, 2.75) is 37.3 Å². The third-order valence-electron chi connectivity index (χ3n) is 6.45. The van der Waals surface area contributed by atoms with Crippen LogP contribution in [0, 0.1) is 11.7 Å². The van der Waals surface area contributed by atoms with Crippen molar-refractivity contribution < 1.29 is 9.13 Å². The summed E-state index contributed by atoms with van der Waals surface area (Å²) in [5.41, 5.74) is 19.9. The summed E-state index contributed by atoms with van der Waals surface area (Å²) in [5.74, 6) is 0.471. The lowest BCUT2D eigenvalue weighted by atomic mass is 9.77. The molecule has 5 nitrogen and oxygen atoms in total. The third-order valence-corrected chi connectivity index (χ3v) is 6.45. The standard InChI is InChI=1S/C26H31FN4O/c27-22-9-5-17(6-10-22)13-24(28)25-15-21(11-12-31-26(29)30)23(16-32-25)20-8-7-18-3-1-2-4-19(18)14-20/h1-10,14,21,23-25H,11-13,15-16,28H2,(H4,29,30,31)/t21-,23+,24-,25-/m1/s1. The highest BCUT2D eigenvalue weighted by atomic mass is 19.1. The lowest BCUT2D eigenvalue weighted by Gasteiger charge is -2.39. The molecule has 4 rings (SSSR count). The number of nitrogens with zero attached hydrogens (tertiary/aromatic N) is 1. The molecule has 6 heteroatoms. The summed E-state index contributed by atoms with van der Waals surface area (Å²) < 4.78 is 19.5. The van der Waals surface area contributed by atoms with E-state index in [1.165, 1.54) is 28.5 Å². The van der Waals surface area contributed by atoms with Crippen LogP contribution in [0.4, 0.5) is 4.39 Å². The summed E-state index contributed by atoms with van der Waals surface area (Å²) >= 11 is 0. The predicted octanol–water partition coefficient (Wildman–Crippen LogP) is 3.70. The Morgan fingerprint density at radius 2 is 1.78 bits per heavy atom. The van der Waals surface area contributed by atoms with Crippen molar-refractivity contribution >= 4 is 16.7 Å². The van der Waals surface area contributed by atoms with Crippen molar-refractivity contribution in [3.05, 3.63) is 83.7 Å². The van der Waals surface area contributed by atoms with Gasteiger partial charge in [0.2, 0.25) is 0 Å². The molecule has 0 unspecified atom stereocenters. The fourth-order valence-electron chi connectivity index (χ4n) is 4.70. The first-order valence-electron chi connectivity index (χ1n) is 11.2. The summed E-state index contributed by atoms with van der Waals surface area (Å²) in [6.07, 6.45) is 2.27. The van der Waals surface area contributed by atoms with Crippen LogP contribution in [-0.2, 0) is 11.2 Å². The molecule has 168 valence electrons. The monoisotopic (exact) mass is 434 g/mol. The van der Waals surface area contributed by atoms with Gasteiger partial charge in [0.25, 0.3) is 0 Å². The van der Waals surface area contributed by atoms with Gasteiger partial charge < -0.3 is 21.9 Å². The van der Waals surface area contributed by atoms with E-state index in [1.54, 1.807) is 12.1 Å². The third kappa shape index (κ3) is 5.44. The zero-order valence-electron chi connectivity index (χ0n) is 18.2. The molecule has 0 radical (unpaired) electrons. The molecule has 32 heavy (non-hydrogen) atoms. The number of benzene rings is 3. The lowest BCUT2D eigenvalue weighted by Crippen LogP contribution is -2.45. The fourth-order valence-corrected chi connectivity index (χ4v) is 4.70. The molecule has 4 atom stereocenters. The van der Waals surface area contributed by atoms with Crippen LogP contribution < -0.4 is 17.2 Å². The lowest BCUT2D eigenvalue weighted by molar-refractivity contribution is -0.0374. The van der Waals surface area contributed by atoms with Gasteiger partial charge in [-0.25, -0.2) is 4.39 Å². The van der Waals surface area contributed by atoms with E-state index in [1.807, 2.05) is 0 Å². The van der Waals surface area contributed by atoms with Gasteiger partial charge in [0.1, 0.15) is 5.82 Å². The maximum Gasteiger partial charge on any atom is 0.185 e. The largest absolute Gasteiger partial charge is 0.376 e. The Balaban J connectivity index is 1.50. The van der Waals surface area contributed by atoms with Crippen molar-refractivity contribution in [3.8, 4) is 0 Å². The van der Waals surface area contributed by atoms with E-state index in [0.29, 0.717) is 25.5 Å². The molecule has 1 aliphatic heterocycles. The minimum atomic E-state index is -0.241. The molecule has 1 fully saturated rings. The van der Waals surface area contributed by atoms with Crippen LogP contribution in [0.5, 0.6) is 0 Å². The van der Waals surface area contributed by atoms with Crippen molar-refractivity contribution in [3.63, 3.8) is 0 Å². The summed E-state index contributed by atoms with van der Waals surface area (Å²) in [5, 5.41) is 2.45. The molecule has 1 saturated heterocycles. The molecule has 0 amide bonds. The summed E-state index contributed by atoms with van der Waals surface area (Å²) in [6, 6.07) is 21.3. The number of nitrogens with two attached hydrogens (primary N) is 3. The van der Waals surface area contributed by atoms with Gasteiger partial charge in [0.15, 0.2) is 5.96 Å². The number of rotatable bonds is 7. The molecule has 0 bridgehead atoms. The van der Waals surface area contributed by atoms with Crippen LogP contribution in [0.25, 0.3) is 10.8 Å². The summed E-state index contributed by atoms with van der Waals surface area (Å²) in [4.78, 5) is 4.21. The molecular weight excluding hydrogens is 403 g/mol. The molecular formula is C26H31FN4O. The number of fused-ring (bicyclic) bond motifs is 1. The number of ether oxygens (including phenoxy) is 1. The highest BCUT2D eigenvalue weighted by Gasteiger charge is 2.34. The Morgan fingerprint density at radius 3 is 2.53 bits per heavy atom. The molecule has 1 aliphatic rings. The molecule has 0 aliphatic carbocycles. The van der Waals surface area contributed by atoms with Gasteiger partial charge in [-0.3, -0.25) is 4.99 Å². The van der Waals surface area contributed by atoms with Crippen LogP contribution >= 0.6 is 0 Å². The first-order valence-corrected chi connectivity index (χ1v) is 11.2. The van der Waals surface area contributed by atoms with E-state index in [0.717, 1.165) is 18.4 Å². The zero-order chi connectivity index (χ0) is 22.5. The Bertz CT molecular complexity index is 1060. The van der Waals surface area contributed by atoms with E-state index in [9.17, 15) is 4.39 Å². The zero-order valence-corrected chi connectivity index (χ0v) is 18.2. The van der Waals surface area contributed by atoms with Gasteiger partial charge >= 0.3 is 0 Å². The van der Waals surface area contributed by atoms with Gasteiger partial charge in [0.05, 0.1) is 12.7 Å². The fraction of sp³-hybridized carbons (Fsp3) is 0.346. The second kappa shape index (κ2) is 10.1. The van der Waals surface area contributed by atoms with Crippen molar-refractivity contribution in [1.82, 2.24) is 0 Å². The first-order chi connectivity index (χ1) is 15.5. The average Bonchev–Trinajstić information content (AvgIpc) is 2.80. The number of hydrogen-bond acceptors (Lipinski definition) is 3. The number of halogens is 1. The Kier molecular flexibility index (Phi) is 7.02. The normalized spacial score (nSPS) is 21.9. The Hall–Kier alpha value is -2.96. The van der Waals surface area contributed by atoms with Gasteiger partial charge in [-0.2, -0.15) is 0 Å². The van der Waals surface area contributed by atoms with Crippen molar-refractivity contribution in [1.29, 1.82) is 0 Å². The second-order valence-corrected chi connectivity index (χ2v) is 8.67. The van der Waals surface area contributed by atoms with Gasteiger partial charge in [-0.05, 0) is 59.2 Å². The SMILES string of the molecule is NC(N)=NCC[C@@H]1C[C@H]([C@H](N)Cc2ccc(F)cc2)OC[C@H]1c1ccc2ccccc2c1. The quantitative estimate of drug-likeness (QED) is 0.390. The molecule has 1 heterocycles. The van der Waals surface area contributed by atoms with Crippen molar-refractivity contribution in [2.75, 3.05) is 13.2 Å². The molecule has 3 aromatic carbocycles. The van der Waals surface area contributed by atoms with Crippen LogP contribution in [0.3, 0.4) is 0 Å². The summed E-state index contributed by atoms with van der Waals surface area (Å²) in [7, 11) is 0. The minimum Gasteiger partial charge on any atom is -0.376 e. The minimum absolute atomic E-state index is 0.0686. The highest BCUT2D eigenvalue weighted by Crippen LogP contribution is 2.38. The second-order valence-electron chi connectivity index (χ2n) is 8.67. The first kappa shape index (κ1) is 22.2. The number of aliphatic imine (C=N–C) groups is 1. The molecule has 0 aromatic heterocycles. The van der Waals surface area contributed by atoms with Gasteiger partial charge in [0, 0.05) is 18.5 Å². The Labute approximate surface area is 188 Å². The summed E-state index contributed by atoms with van der Waals surface area (Å²) in [6.45, 7) is 1.18. The van der Waals surface area contributed by atoms with E-state index >= 15 is 0 Å². The molecule has 3 aromatic rings. The van der Waals surface area contributed by atoms with Crippen LogP contribution in [0.2, 0.25) is 0 Å². The van der Waals surface area contributed by atoms with E-state index < -0.39 is 0 Å². The van der Waals surface area contributed by atoms with E-state index in [2.05, 4.69) is 47.5 Å². The molecule has 6 N–H and O–H groups in total. The molecule has 0 saturated carbocycles. The topological polar surface area (TPSA) is 99.7 Å². The maximum atomic E-state index is 13.2. The van der Waals surface area contributed by atoms with Crippen LogP contribution in [-0.4, -0.2) is 31.3 Å². The molecule has 0 spiro atoms. The number of hydrogen-bond donors (Lipinski definition) is 3. The maximum absolute atomic E-state index is 13.2. The van der Waals surface area contributed by atoms with Gasteiger partial charge in [-0.1, -0.05) is 54.6 Å². The smallest absolute Gasteiger partial charge is 0.185 e. The average molecular weight is 435 g/mol. The predicted molar refractivity (Wildman–Crippen MR) is 128 cm³/mol. The number of guanidine groups is 1. The van der Waals surface area contributed by atoms with Gasteiger partial charge in [-0.15, -0.1) is 0 Å². The van der Waals surface area contributed by atoms with Crippen molar-refractivity contribution in [2.24, 2.45) is 28.1 Å². The van der Waals surface area contributed by atoms with E-state index in [4.69, 9.17) is 21.9 Å². The van der Waals surface area contributed by atoms with Crippen LogP contribution in [0.1, 0.15) is 29.9 Å². The Morgan fingerprint density at radius 1 is 1.03 bits per heavy atom.